The summed E-state index contributed by atoms with van der Waals surface area (Å²) in [6.45, 7) is 5.02. The van der Waals surface area contributed by atoms with Gasteiger partial charge in [-0.2, -0.15) is 5.26 Å². The number of benzene rings is 2. The summed E-state index contributed by atoms with van der Waals surface area (Å²) in [6, 6.07) is 11.6. The molecule has 2 heterocycles. The van der Waals surface area contributed by atoms with Crippen molar-refractivity contribution < 1.29 is 14.3 Å². The molecule has 4 rings (SSSR count). The van der Waals surface area contributed by atoms with Gasteiger partial charge >= 0.3 is 0 Å². The van der Waals surface area contributed by atoms with Gasteiger partial charge in [0.25, 0.3) is 0 Å². The molecule has 222 valence electrons. The Labute approximate surface area is 252 Å². The Bertz CT molecular complexity index is 1240. The first-order valence-electron chi connectivity index (χ1n) is 14.2. The van der Waals surface area contributed by atoms with E-state index >= 15 is 0 Å². The molecule has 9 nitrogen and oxygen atoms in total. The maximum Gasteiger partial charge on any atom is 0.224 e. The number of carbonyl (C=O) groups is 1. The molecule has 41 heavy (non-hydrogen) atoms. The Morgan fingerprint density at radius 2 is 2.05 bits per heavy atom. The highest BCUT2D eigenvalue weighted by molar-refractivity contribution is 6.32. The highest BCUT2D eigenvalue weighted by Crippen LogP contribution is 2.42. The van der Waals surface area contributed by atoms with Gasteiger partial charge in [-0.3, -0.25) is 4.79 Å². The summed E-state index contributed by atoms with van der Waals surface area (Å²) in [5, 5.41) is 23.9. The van der Waals surface area contributed by atoms with E-state index in [9.17, 15) is 10.1 Å². The molecule has 4 atom stereocenters. The zero-order valence-corrected chi connectivity index (χ0v) is 25.4. The van der Waals surface area contributed by atoms with Gasteiger partial charge in [-0.1, -0.05) is 11.6 Å². The minimum absolute atomic E-state index is 0.0785. The summed E-state index contributed by atoms with van der Waals surface area (Å²) in [5.41, 5.74) is 3.07. The van der Waals surface area contributed by atoms with E-state index in [0.717, 1.165) is 49.3 Å². The van der Waals surface area contributed by atoms with Crippen LogP contribution in [0.15, 0.2) is 30.3 Å². The van der Waals surface area contributed by atoms with Crippen molar-refractivity contribution in [3.8, 4) is 17.6 Å². The Balaban J connectivity index is 1.51. The van der Waals surface area contributed by atoms with E-state index in [1.807, 2.05) is 51.4 Å². The molecule has 2 aliphatic heterocycles. The number of rotatable bonds is 12. The van der Waals surface area contributed by atoms with E-state index in [1.54, 1.807) is 0 Å². The lowest BCUT2D eigenvalue weighted by Crippen LogP contribution is -2.42. The molecule has 0 spiro atoms. The molecule has 1 fully saturated rings. The summed E-state index contributed by atoms with van der Waals surface area (Å²) in [5.74, 6) is 0.745. The fraction of sp³-hybridized carbons (Fsp3) is 0.533. The van der Waals surface area contributed by atoms with Crippen molar-refractivity contribution in [3.05, 3.63) is 40.9 Å². The second-order valence-electron chi connectivity index (χ2n) is 10.8. The second-order valence-corrected chi connectivity index (χ2v) is 11.8. The van der Waals surface area contributed by atoms with Crippen molar-refractivity contribution in [1.82, 2.24) is 10.2 Å². The summed E-state index contributed by atoms with van der Waals surface area (Å²) in [7, 11) is 3.97. The third kappa shape index (κ3) is 8.55. The number of nitrogens with one attached hydrogen (secondary N) is 4. The number of fused-ring (bicyclic) bond motifs is 1. The minimum atomic E-state index is -0.361. The Hall–Kier alpha value is -2.90. The van der Waals surface area contributed by atoms with Crippen LogP contribution < -0.4 is 30.7 Å². The van der Waals surface area contributed by atoms with E-state index in [-0.39, 0.29) is 29.3 Å². The number of alkyl halides is 1. The van der Waals surface area contributed by atoms with Crippen LogP contribution in [0, 0.1) is 17.2 Å². The molecular weight excluding hydrogens is 563 g/mol. The predicted molar refractivity (Wildman–Crippen MR) is 166 cm³/mol. The average Bonchev–Trinajstić information content (AvgIpc) is 2.93. The number of carbonyl (C=O) groups excluding carboxylic acids is 1. The van der Waals surface area contributed by atoms with Crippen LogP contribution in [0.4, 0.5) is 17.1 Å². The largest absolute Gasteiger partial charge is 0.492 e. The minimum Gasteiger partial charge on any atom is -0.492 e. The quantitative estimate of drug-likeness (QED) is 0.236. The maximum absolute atomic E-state index is 12.7. The summed E-state index contributed by atoms with van der Waals surface area (Å²) in [4.78, 5) is 14.8. The molecule has 0 radical (unpaired) electrons. The number of piperidine rings is 1. The Morgan fingerprint density at radius 1 is 1.22 bits per heavy atom. The van der Waals surface area contributed by atoms with Gasteiger partial charge in [-0.05, 0) is 77.6 Å². The van der Waals surface area contributed by atoms with Gasteiger partial charge in [0.05, 0.1) is 35.3 Å². The number of anilines is 3. The van der Waals surface area contributed by atoms with Crippen LogP contribution in [0.1, 0.15) is 44.2 Å². The van der Waals surface area contributed by atoms with Crippen molar-refractivity contribution in [2.45, 2.75) is 50.1 Å². The van der Waals surface area contributed by atoms with Crippen LogP contribution in [0.5, 0.6) is 11.5 Å². The molecule has 4 unspecified atom stereocenters. The average molecular weight is 604 g/mol. The van der Waals surface area contributed by atoms with E-state index in [1.165, 1.54) is 0 Å². The second kappa shape index (κ2) is 14.8. The number of hydrogen-bond donors (Lipinski definition) is 4. The topological polar surface area (TPSA) is 111 Å². The van der Waals surface area contributed by atoms with E-state index in [2.05, 4.69) is 32.2 Å². The smallest absolute Gasteiger partial charge is 0.224 e. The molecule has 2 aromatic rings. The lowest BCUT2D eigenvalue weighted by Gasteiger charge is -2.33. The van der Waals surface area contributed by atoms with Crippen molar-refractivity contribution in [2.24, 2.45) is 5.92 Å². The van der Waals surface area contributed by atoms with Crippen LogP contribution in [0.25, 0.3) is 0 Å². The normalized spacial score (nSPS) is 21.8. The molecule has 0 aliphatic carbocycles. The number of hydrogen-bond acceptors (Lipinski definition) is 8. The van der Waals surface area contributed by atoms with Gasteiger partial charge in [-0.25, -0.2) is 0 Å². The molecular formula is C30H40Cl2N6O3. The van der Waals surface area contributed by atoms with Crippen molar-refractivity contribution in [1.29, 1.82) is 5.26 Å². The van der Waals surface area contributed by atoms with E-state index in [0.29, 0.717) is 48.4 Å². The zero-order chi connectivity index (χ0) is 29.4. The molecule has 0 saturated carbocycles. The lowest BCUT2D eigenvalue weighted by atomic mass is 9.88. The number of nitriles is 1. The molecule has 2 aromatic carbocycles. The SMILES string of the molecule is CCOc1cc2c(cc1NC(=O)CCCN(C)C)C(Nc1ccc(OCC3CC(Cl)CCN3)c(Cl)c1)C(C#N)CN2. The highest BCUT2D eigenvalue weighted by Gasteiger charge is 2.31. The number of nitrogens with zero attached hydrogens (tertiary/aromatic N) is 2. The molecule has 0 aromatic heterocycles. The molecule has 2 aliphatic rings. The molecule has 1 saturated heterocycles. The molecule has 0 bridgehead atoms. The van der Waals surface area contributed by atoms with Crippen molar-refractivity contribution >= 4 is 46.2 Å². The molecule has 11 heteroatoms. The van der Waals surface area contributed by atoms with Gasteiger partial charge < -0.3 is 35.6 Å². The third-order valence-electron chi connectivity index (χ3n) is 7.28. The first-order chi connectivity index (χ1) is 19.8. The van der Waals surface area contributed by atoms with E-state index < -0.39 is 0 Å². The van der Waals surface area contributed by atoms with Crippen LogP contribution in [0.3, 0.4) is 0 Å². The van der Waals surface area contributed by atoms with Crippen LogP contribution in [-0.4, -0.2) is 69.2 Å². The fourth-order valence-corrected chi connectivity index (χ4v) is 5.72. The number of halogens is 2. The standard InChI is InChI=1S/C30H40Cl2N6O3/c1-4-40-28-15-25-23(14-26(28)37-29(39)6-5-11-38(2)3)30(19(16-33)17-35-25)36-21-7-8-27(24(32)13-21)41-18-22-12-20(31)9-10-34-22/h7-8,13-15,19-20,22,30,34-36H,4-6,9-12,17-18H2,1-3H3,(H,37,39). The summed E-state index contributed by atoms with van der Waals surface area (Å²) < 4.78 is 11.9. The van der Waals surface area contributed by atoms with Gasteiger partial charge in [0.2, 0.25) is 5.91 Å². The molecule has 1 amide bonds. The third-order valence-corrected chi connectivity index (χ3v) is 7.97. The zero-order valence-electron chi connectivity index (χ0n) is 23.9. The van der Waals surface area contributed by atoms with Crippen LogP contribution in [0.2, 0.25) is 5.02 Å². The maximum atomic E-state index is 12.7. The first kappa shape index (κ1) is 31.0. The van der Waals surface area contributed by atoms with Crippen molar-refractivity contribution in [3.63, 3.8) is 0 Å². The van der Waals surface area contributed by atoms with Gasteiger partial charge in [-0.15, -0.1) is 11.6 Å². The first-order valence-corrected chi connectivity index (χ1v) is 15.0. The van der Waals surface area contributed by atoms with Gasteiger partial charge in [0, 0.05) is 47.4 Å². The van der Waals surface area contributed by atoms with Crippen LogP contribution >= 0.6 is 23.2 Å². The predicted octanol–water partition coefficient (Wildman–Crippen LogP) is 5.48. The Kier molecular flexibility index (Phi) is 11.2. The van der Waals surface area contributed by atoms with Crippen LogP contribution in [-0.2, 0) is 4.79 Å². The van der Waals surface area contributed by atoms with Gasteiger partial charge in [0.1, 0.15) is 18.1 Å². The monoisotopic (exact) mass is 602 g/mol. The highest BCUT2D eigenvalue weighted by atomic mass is 35.5. The van der Waals surface area contributed by atoms with Crippen molar-refractivity contribution in [2.75, 3.05) is 62.9 Å². The number of ether oxygens (including phenoxy) is 2. The van der Waals surface area contributed by atoms with Gasteiger partial charge in [0.15, 0.2) is 0 Å². The number of amides is 1. The van der Waals surface area contributed by atoms with E-state index in [4.69, 9.17) is 32.7 Å². The lowest BCUT2D eigenvalue weighted by molar-refractivity contribution is -0.116. The fourth-order valence-electron chi connectivity index (χ4n) is 5.16. The Morgan fingerprint density at radius 3 is 2.76 bits per heavy atom. The summed E-state index contributed by atoms with van der Waals surface area (Å²) >= 11 is 12.9. The summed E-state index contributed by atoms with van der Waals surface area (Å²) in [6.07, 6.45) is 2.96. The molecule has 4 N–H and O–H groups in total.